The molecule has 166 valence electrons. The van der Waals surface area contributed by atoms with E-state index in [1.807, 2.05) is 48.7 Å². The highest BCUT2D eigenvalue weighted by Gasteiger charge is 2.26. The SMILES string of the molecule is O=C(NC1CC1)c1ccc(Cc2cc(C(=O)N[C@H]3CCCC[C@@H]3O)nn3cccc23)cc1. The van der Waals surface area contributed by atoms with E-state index in [4.69, 9.17) is 0 Å². The lowest BCUT2D eigenvalue weighted by Crippen LogP contribution is -2.45. The van der Waals surface area contributed by atoms with Crippen LogP contribution in [0.4, 0.5) is 0 Å². The van der Waals surface area contributed by atoms with E-state index >= 15 is 0 Å². The number of carbonyl (C=O) groups is 2. The Labute approximate surface area is 186 Å². The zero-order valence-corrected chi connectivity index (χ0v) is 18.0. The molecule has 2 heterocycles. The molecule has 0 bridgehead atoms. The van der Waals surface area contributed by atoms with E-state index in [1.54, 1.807) is 4.52 Å². The van der Waals surface area contributed by atoms with E-state index in [2.05, 4.69) is 15.7 Å². The molecule has 2 aromatic heterocycles. The van der Waals surface area contributed by atoms with Crippen molar-refractivity contribution in [2.75, 3.05) is 0 Å². The van der Waals surface area contributed by atoms with E-state index in [9.17, 15) is 14.7 Å². The highest BCUT2D eigenvalue weighted by atomic mass is 16.3. The van der Waals surface area contributed by atoms with Crippen molar-refractivity contribution in [3.63, 3.8) is 0 Å². The van der Waals surface area contributed by atoms with Gasteiger partial charge in [-0.3, -0.25) is 9.59 Å². The zero-order valence-electron chi connectivity index (χ0n) is 18.0. The van der Waals surface area contributed by atoms with Gasteiger partial charge in [-0.2, -0.15) is 5.10 Å². The van der Waals surface area contributed by atoms with Crippen LogP contribution in [0, 0.1) is 0 Å². The van der Waals surface area contributed by atoms with Gasteiger partial charge in [0.2, 0.25) is 0 Å². The molecule has 0 aliphatic heterocycles. The summed E-state index contributed by atoms with van der Waals surface area (Å²) in [5, 5.41) is 20.6. The van der Waals surface area contributed by atoms with Crippen molar-refractivity contribution >= 4 is 17.3 Å². The van der Waals surface area contributed by atoms with Crippen molar-refractivity contribution in [2.45, 2.75) is 63.1 Å². The molecule has 2 fully saturated rings. The molecule has 1 aromatic carbocycles. The molecule has 2 saturated carbocycles. The van der Waals surface area contributed by atoms with Gasteiger partial charge < -0.3 is 15.7 Å². The molecule has 3 aromatic rings. The van der Waals surface area contributed by atoms with Crippen LogP contribution in [0.5, 0.6) is 0 Å². The van der Waals surface area contributed by atoms with Gasteiger partial charge in [0.25, 0.3) is 11.8 Å². The zero-order chi connectivity index (χ0) is 22.1. The first-order valence-corrected chi connectivity index (χ1v) is 11.4. The van der Waals surface area contributed by atoms with Crippen LogP contribution in [-0.4, -0.2) is 44.7 Å². The third kappa shape index (κ3) is 4.53. The maximum absolute atomic E-state index is 12.9. The lowest BCUT2D eigenvalue weighted by atomic mass is 9.92. The maximum Gasteiger partial charge on any atom is 0.272 e. The molecule has 0 spiro atoms. The molecule has 2 amide bonds. The average molecular weight is 433 g/mol. The maximum atomic E-state index is 12.9. The van der Waals surface area contributed by atoms with Gasteiger partial charge in [0.05, 0.1) is 17.7 Å². The van der Waals surface area contributed by atoms with Gasteiger partial charge in [0, 0.05) is 17.8 Å². The fourth-order valence-corrected chi connectivity index (χ4v) is 4.36. The lowest BCUT2D eigenvalue weighted by molar-refractivity contribution is 0.0712. The van der Waals surface area contributed by atoms with Crippen LogP contribution in [-0.2, 0) is 6.42 Å². The van der Waals surface area contributed by atoms with Crippen LogP contribution in [0.2, 0.25) is 0 Å². The molecular weight excluding hydrogens is 404 g/mol. The molecule has 5 rings (SSSR count). The summed E-state index contributed by atoms with van der Waals surface area (Å²) in [5.74, 6) is -0.291. The second-order valence-corrected chi connectivity index (χ2v) is 8.95. The number of aliphatic hydroxyl groups is 1. The number of aromatic nitrogens is 2. The van der Waals surface area contributed by atoms with Gasteiger partial charge >= 0.3 is 0 Å². The second kappa shape index (κ2) is 8.74. The lowest BCUT2D eigenvalue weighted by Gasteiger charge is -2.28. The number of nitrogens with zero attached hydrogens (tertiary/aromatic N) is 2. The molecule has 3 N–H and O–H groups in total. The summed E-state index contributed by atoms with van der Waals surface area (Å²) in [6, 6.07) is 13.4. The van der Waals surface area contributed by atoms with Gasteiger partial charge in [-0.05, 0) is 73.6 Å². The van der Waals surface area contributed by atoms with Crippen molar-refractivity contribution in [2.24, 2.45) is 0 Å². The smallest absolute Gasteiger partial charge is 0.272 e. The average Bonchev–Trinajstić information content (AvgIpc) is 3.48. The number of nitrogens with one attached hydrogen (secondary N) is 2. The van der Waals surface area contributed by atoms with E-state index in [0.29, 0.717) is 23.7 Å². The van der Waals surface area contributed by atoms with Crippen LogP contribution < -0.4 is 10.6 Å². The molecule has 2 atom stereocenters. The van der Waals surface area contributed by atoms with E-state index in [0.717, 1.165) is 55.2 Å². The standard InChI is InChI=1S/C25H28N4O3/c30-23-6-2-1-4-20(23)27-25(32)21-15-18(22-5-3-13-29(22)28-21)14-16-7-9-17(10-8-16)24(31)26-19-11-12-19/h3,5,7-10,13,15,19-20,23,30H,1-2,4,6,11-12,14H2,(H,26,31)(H,27,32)/t20-,23-/m0/s1. The third-order valence-electron chi connectivity index (χ3n) is 6.39. The Kier molecular flexibility index (Phi) is 5.66. The molecule has 2 aliphatic carbocycles. The third-order valence-corrected chi connectivity index (χ3v) is 6.39. The first kappa shape index (κ1) is 20.7. The van der Waals surface area contributed by atoms with Crippen molar-refractivity contribution in [1.29, 1.82) is 0 Å². The van der Waals surface area contributed by atoms with Crippen molar-refractivity contribution in [3.8, 4) is 0 Å². The molecule has 0 radical (unpaired) electrons. The van der Waals surface area contributed by atoms with Gasteiger partial charge in [0.15, 0.2) is 0 Å². The molecule has 2 aliphatic rings. The Balaban J connectivity index is 1.34. The summed E-state index contributed by atoms with van der Waals surface area (Å²) >= 11 is 0. The predicted octanol–water partition coefficient (Wildman–Crippen LogP) is 2.85. The van der Waals surface area contributed by atoms with E-state index < -0.39 is 6.10 Å². The summed E-state index contributed by atoms with van der Waals surface area (Å²) in [5.41, 5.74) is 3.97. The number of benzene rings is 1. The van der Waals surface area contributed by atoms with Gasteiger partial charge in [0.1, 0.15) is 5.69 Å². The monoisotopic (exact) mass is 432 g/mol. The predicted molar refractivity (Wildman–Crippen MR) is 121 cm³/mol. The number of hydrogen-bond donors (Lipinski definition) is 3. The van der Waals surface area contributed by atoms with Crippen LogP contribution in [0.15, 0.2) is 48.7 Å². The number of fused-ring (bicyclic) bond motifs is 1. The van der Waals surface area contributed by atoms with E-state index in [-0.39, 0.29) is 17.9 Å². The number of amides is 2. The number of rotatable bonds is 6. The highest BCUT2D eigenvalue weighted by Crippen LogP contribution is 2.22. The van der Waals surface area contributed by atoms with Crippen LogP contribution >= 0.6 is 0 Å². The molecule has 7 nitrogen and oxygen atoms in total. The molecular formula is C25H28N4O3. The Morgan fingerprint density at radius 2 is 1.78 bits per heavy atom. The van der Waals surface area contributed by atoms with Crippen LogP contribution in [0.25, 0.3) is 5.52 Å². The fourth-order valence-electron chi connectivity index (χ4n) is 4.36. The quantitative estimate of drug-likeness (QED) is 0.558. The summed E-state index contributed by atoms with van der Waals surface area (Å²) in [6.07, 6.45) is 7.57. The normalized spacial score (nSPS) is 20.8. The van der Waals surface area contributed by atoms with Gasteiger partial charge in [-0.1, -0.05) is 25.0 Å². The van der Waals surface area contributed by atoms with Gasteiger partial charge in [-0.15, -0.1) is 0 Å². The summed E-state index contributed by atoms with van der Waals surface area (Å²) < 4.78 is 1.72. The Morgan fingerprint density at radius 1 is 1.00 bits per heavy atom. The molecule has 0 saturated heterocycles. The number of aliphatic hydroxyl groups excluding tert-OH is 1. The summed E-state index contributed by atoms with van der Waals surface area (Å²) in [4.78, 5) is 25.1. The molecule has 32 heavy (non-hydrogen) atoms. The highest BCUT2D eigenvalue weighted by molar-refractivity contribution is 5.94. The van der Waals surface area contributed by atoms with Crippen LogP contribution in [0.1, 0.15) is 70.5 Å². The summed E-state index contributed by atoms with van der Waals surface area (Å²) in [7, 11) is 0. The molecule has 7 heteroatoms. The Bertz CT molecular complexity index is 1130. The molecule has 0 unspecified atom stereocenters. The minimum atomic E-state index is -0.502. The topological polar surface area (TPSA) is 95.7 Å². The van der Waals surface area contributed by atoms with Crippen molar-refractivity contribution < 1.29 is 14.7 Å². The first-order chi connectivity index (χ1) is 15.6. The van der Waals surface area contributed by atoms with Crippen molar-refractivity contribution in [3.05, 3.63) is 71.0 Å². The number of carbonyl (C=O) groups excluding carboxylic acids is 2. The first-order valence-electron chi connectivity index (χ1n) is 11.4. The van der Waals surface area contributed by atoms with Crippen molar-refractivity contribution in [1.82, 2.24) is 20.2 Å². The Hall–Kier alpha value is -3.19. The van der Waals surface area contributed by atoms with Gasteiger partial charge in [-0.25, -0.2) is 4.52 Å². The number of hydrogen-bond acceptors (Lipinski definition) is 4. The minimum absolute atomic E-state index is 0.0270. The van der Waals surface area contributed by atoms with E-state index in [1.165, 1.54) is 0 Å². The summed E-state index contributed by atoms with van der Waals surface area (Å²) in [6.45, 7) is 0. The second-order valence-electron chi connectivity index (χ2n) is 8.95. The minimum Gasteiger partial charge on any atom is -0.391 e. The Morgan fingerprint density at radius 3 is 2.53 bits per heavy atom. The fraction of sp³-hybridized carbons (Fsp3) is 0.400. The van der Waals surface area contributed by atoms with Crippen LogP contribution in [0.3, 0.4) is 0 Å². The largest absolute Gasteiger partial charge is 0.391 e.